The molecule has 0 bridgehead atoms. The first-order valence-corrected chi connectivity index (χ1v) is 10.9. The minimum absolute atomic E-state index is 0.114. The molecule has 5 heteroatoms. The molecule has 1 N–H and O–H groups in total. The fourth-order valence-electron chi connectivity index (χ4n) is 2.82. The van der Waals surface area contributed by atoms with Gasteiger partial charge in [0, 0.05) is 17.2 Å². The average molecular weight is 384 g/mol. The van der Waals surface area contributed by atoms with Gasteiger partial charge >= 0.3 is 0 Å². The molecular formula is C22H25NO3S. The summed E-state index contributed by atoms with van der Waals surface area (Å²) in [6, 6.07) is 15.6. The molecule has 1 saturated carbocycles. The summed E-state index contributed by atoms with van der Waals surface area (Å²) in [6.07, 6.45) is 2.23. The van der Waals surface area contributed by atoms with Gasteiger partial charge in [0.05, 0.1) is 11.9 Å². The van der Waals surface area contributed by atoms with Crippen LogP contribution in [0.2, 0.25) is 0 Å². The number of rotatable bonds is 7. The molecule has 1 aliphatic carbocycles. The van der Waals surface area contributed by atoms with Crippen LogP contribution in [0, 0.1) is 11.8 Å². The van der Waals surface area contributed by atoms with Crippen LogP contribution in [0.15, 0.2) is 48.5 Å². The Bertz CT molecular complexity index is 918. The molecule has 0 amide bonds. The van der Waals surface area contributed by atoms with E-state index in [1.54, 1.807) is 0 Å². The van der Waals surface area contributed by atoms with Crippen molar-refractivity contribution in [3.05, 3.63) is 65.2 Å². The monoisotopic (exact) mass is 383 g/mol. The number of hydrogen-bond acceptors (Lipinski definition) is 3. The van der Waals surface area contributed by atoms with Crippen molar-refractivity contribution in [1.82, 2.24) is 4.72 Å². The van der Waals surface area contributed by atoms with Crippen LogP contribution in [-0.4, -0.2) is 26.3 Å². The second-order valence-electron chi connectivity index (χ2n) is 6.87. The molecule has 2 aromatic rings. The molecule has 1 aliphatic rings. The zero-order chi connectivity index (χ0) is 19.3. The topological polar surface area (TPSA) is 55.4 Å². The van der Waals surface area contributed by atoms with Crippen molar-refractivity contribution in [2.45, 2.75) is 44.4 Å². The van der Waals surface area contributed by atoms with E-state index in [4.69, 9.17) is 4.74 Å². The lowest BCUT2D eigenvalue weighted by atomic mass is 10.1. The van der Waals surface area contributed by atoms with E-state index >= 15 is 0 Å². The highest BCUT2D eigenvalue weighted by Crippen LogP contribution is 2.27. The minimum Gasteiger partial charge on any atom is -0.494 e. The largest absolute Gasteiger partial charge is 0.494 e. The Hall–Kier alpha value is -2.29. The predicted octanol–water partition coefficient (Wildman–Crippen LogP) is 3.50. The van der Waals surface area contributed by atoms with E-state index in [2.05, 4.69) is 16.6 Å². The van der Waals surface area contributed by atoms with Crippen LogP contribution in [0.3, 0.4) is 0 Å². The van der Waals surface area contributed by atoms with Gasteiger partial charge in [0.2, 0.25) is 10.0 Å². The summed E-state index contributed by atoms with van der Waals surface area (Å²) >= 11 is 0. The Morgan fingerprint density at radius 3 is 2.11 bits per heavy atom. The van der Waals surface area contributed by atoms with Gasteiger partial charge in [0.15, 0.2) is 0 Å². The van der Waals surface area contributed by atoms with Gasteiger partial charge in [-0.1, -0.05) is 24.0 Å². The molecule has 27 heavy (non-hydrogen) atoms. The third kappa shape index (κ3) is 5.85. The molecule has 1 unspecified atom stereocenters. The predicted molar refractivity (Wildman–Crippen MR) is 108 cm³/mol. The number of benzene rings is 2. The van der Waals surface area contributed by atoms with Crippen LogP contribution < -0.4 is 9.46 Å². The maximum atomic E-state index is 12.0. The third-order valence-corrected chi connectivity index (χ3v) is 6.42. The van der Waals surface area contributed by atoms with Crippen molar-refractivity contribution in [2.75, 3.05) is 6.61 Å². The summed E-state index contributed by atoms with van der Waals surface area (Å²) in [4.78, 5) is 0. The lowest BCUT2D eigenvalue weighted by Gasteiger charge is -2.14. The van der Waals surface area contributed by atoms with Gasteiger partial charge in [-0.05, 0) is 75.1 Å². The fraction of sp³-hybridized carbons (Fsp3) is 0.364. The Balaban J connectivity index is 1.57. The lowest BCUT2D eigenvalue weighted by Crippen LogP contribution is -2.36. The van der Waals surface area contributed by atoms with Crippen LogP contribution in [0.4, 0.5) is 0 Å². The third-order valence-electron chi connectivity index (χ3n) is 4.34. The molecular weight excluding hydrogens is 358 g/mol. The maximum absolute atomic E-state index is 12.0. The Morgan fingerprint density at radius 1 is 1.04 bits per heavy atom. The number of nitrogens with one attached hydrogen (secondary N) is 1. The van der Waals surface area contributed by atoms with Gasteiger partial charge in [-0.2, -0.15) is 0 Å². The molecule has 2 aromatic carbocycles. The molecule has 0 saturated heterocycles. The highest BCUT2D eigenvalue weighted by atomic mass is 32.2. The summed E-state index contributed by atoms with van der Waals surface area (Å²) in [5, 5.41) is -0.180. The molecule has 0 aromatic heterocycles. The zero-order valence-corrected chi connectivity index (χ0v) is 16.6. The van der Waals surface area contributed by atoms with Gasteiger partial charge < -0.3 is 4.74 Å². The molecule has 0 radical (unpaired) electrons. The number of ether oxygens (including phenoxy) is 1. The first kappa shape index (κ1) is 19.5. The first-order valence-electron chi connectivity index (χ1n) is 9.31. The van der Waals surface area contributed by atoms with Gasteiger partial charge in [0.1, 0.15) is 5.75 Å². The summed E-state index contributed by atoms with van der Waals surface area (Å²) in [6.45, 7) is 4.51. The van der Waals surface area contributed by atoms with E-state index in [0.717, 1.165) is 35.3 Å². The number of hydrogen-bond donors (Lipinski definition) is 1. The molecule has 3 rings (SSSR count). The average Bonchev–Trinajstić information content (AvgIpc) is 3.48. The van der Waals surface area contributed by atoms with Crippen molar-refractivity contribution in [3.63, 3.8) is 0 Å². The number of sulfonamides is 1. The molecule has 0 heterocycles. The smallest absolute Gasteiger partial charge is 0.214 e. The molecule has 1 fully saturated rings. The van der Waals surface area contributed by atoms with E-state index in [-0.39, 0.29) is 11.3 Å². The van der Waals surface area contributed by atoms with E-state index in [1.807, 2.05) is 62.4 Å². The minimum atomic E-state index is -3.14. The highest BCUT2D eigenvalue weighted by Gasteiger charge is 2.36. The maximum Gasteiger partial charge on any atom is 0.214 e. The quantitative estimate of drug-likeness (QED) is 0.745. The first-order chi connectivity index (χ1) is 13.0. The van der Waals surface area contributed by atoms with Crippen molar-refractivity contribution in [2.24, 2.45) is 0 Å². The molecule has 0 aliphatic heterocycles. The SMILES string of the molecule is CCOc1ccc(C#Cc2ccc(CC(C)NS(=O)(=O)C3CC3)cc2)cc1. The van der Waals surface area contributed by atoms with Crippen molar-refractivity contribution >= 4 is 10.0 Å². The molecule has 0 spiro atoms. The normalized spacial score (nSPS) is 14.9. The molecule has 142 valence electrons. The Kier molecular flexibility index (Phi) is 6.20. The fourth-order valence-corrected chi connectivity index (χ4v) is 4.41. The lowest BCUT2D eigenvalue weighted by molar-refractivity contribution is 0.340. The summed E-state index contributed by atoms with van der Waals surface area (Å²) in [7, 11) is -3.14. The zero-order valence-electron chi connectivity index (χ0n) is 15.7. The summed E-state index contributed by atoms with van der Waals surface area (Å²) < 4.78 is 32.2. The van der Waals surface area contributed by atoms with Gasteiger partial charge in [-0.25, -0.2) is 13.1 Å². The van der Waals surface area contributed by atoms with E-state index < -0.39 is 10.0 Å². The highest BCUT2D eigenvalue weighted by molar-refractivity contribution is 7.90. The van der Waals surface area contributed by atoms with E-state index in [1.165, 1.54) is 0 Å². The van der Waals surface area contributed by atoms with Crippen molar-refractivity contribution in [1.29, 1.82) is 0 Å². The van der Waals surface area contributed by atoms with Crippen molar-refractivity contribution < 1.29 is 13.2 Å². The van der Waals surface area contributed by atoms with Crippen LogP contribution in [0.1, 0.15) is 43.4 Å². The van der Waals surface area contributed by atoms with Crippen LogP contribution in [0.5, 0.6) is 5.75 Å². The van der Waals surface area contributed by atoms with Gasteiger partial charge in [-0.15, -0.1) is 0 Å². The standard InChI is InChI=1S/C22H25NO3S/c1-3-26-21-12-10-19(11-13-21)5-4-18-6-8-20(9-7-18)16-17(2)23-27(24,25)22-14-15-22/h6-13,17,22-23H,3,14-16H2,1-2H3. The second kappa shape index (κ2) is 8.60. The summed E-state index contributed by atoms with van der Waals surface area (Å²) in [5.74, 6) is 7.14. The van der Waals surface area contributed by atoms with Crippen LogP contribution in [0.25, 0.3) is 0 Å². The Morgan fingerprint density at radius 2 is 1.59 bits per heavy atom. The molecule has 1 atom stereocenters. The second-order valence-corrected chi connectivity index (χ2v) is 8.86. The summed E-state index contributed by atoms with van der Waals surface area (Å²) in [5.41, 5.74) is 2.96. The van der Waals surface area contributed by atoms with Crippen LogP contribution >= 0.6 is 0 Å². The van der Waals surface area contributed by atoms with E-state index in [0.29, 0.717) is 13.0 Å². The van der Waals surface area contributed by atoms with Crippen LogP contribution in [-0.2, 0) is 16.4 Å². The van der Waals surface area contributed by atoms with E-state index in [9.17, 15) is 8.42 Å². The Labute approximate surface area is 162 Å². The van der Waals surface area contributed by atoms with Crippen molar-refractivity contribution in [3.8, 4) is 17.6 Å². The van der Waals surface area contributed by atoms with Gasteiger partial charge in [0.25, 0.3) is 0 Å². The van der Waals surface area contributed by atoms with Gasteiger partial charge in [-0.3, -0.25) is 0 Å². The molecule has 4 nitrogen and oxygen atoms in total.